The molecule has 1 aromatic rings. The fraction of sp³-hybridized carbons (Fsp3) is 0.636. The van der Waals surface area contributed by atoms with Gasteiger partial charge in [0.2, 0.25) is 0 Å². The molecule has 1 saturated heterocycles. The van der Waals surface area contributed by atoms with Gasteiger partial charge in [-0.2, -0.15) is 0 Å². The first kappa shape index (κ1) is 23.0. The van der Waals surface area contributed by atoms with Crippen molar-refractivity contribution in [2.24, 2.45) is 10.9 Å². The molecule has 1 aromatic carbocycles. The summed E-state index contributed by atoms with van der Waals surface area (Å²) >= 11 is 0. The van der Waals surface area contributed by atoms with Gasteiger partial charge in [0, 0.05) is 45.5 Å². The summed E-state index contributed by atoms with van der Waals surface area (Å²) in [5.41, 5.74) is 1.90. The van der Waals surface area contributed by atoms with E-state index in [0.29, 0.717) is 12.5 Å². The predicted molar refractivity (Wildman–Crippen MR) is 119 cm³/mol. The van der Waals surface area contributed by atoms with E-state index in [1.807, 2.05) is 36.1 Å². The number of nitrogens with zero attached hydrogens (tertiary/aromatic N) is 2. The van der Waals surface area contributed by atoms with Gasteiger partial charge in [-0.15, -0.1) is 0 Å². The van der Waals surface area contributed by atoms with Gasteiger partial charge < -0.3 is 25.6 Å². The highest BCUT2D eigenvalue weighted by Crippen LogP contribution is 2.14. The van der Waals surface area contributed by atoms with Crippen molar-refractivity contribution in [2.45, 2.75) is 52.7 Å². The average Bonchev–Trinajstić information content (AvgIpc) is 3.25. The molecule has 0 saturated carbocycles. The summed E-state index contributed by atoms with van der Waals surface area (Å²) in [5, 5.41) is 9.68. The van der Waals surface area contributed by atoms with Gasteiger partial charge in [0.15, 0.2) is 5.96 Å². The van der Waals surface area contributed by atoms with Crippen molar-refractivity contribution in [3.05, 3.63) is 29.8 Å². The van der Waals surface area contributed by atoms with E-state index in [2.05, 4.69) is 34.8 Å². The third-order valence-corrected chi connectivity index (χ3v) is 5.10. The standard InChI is InChI=1S/C22H37N5O2/c1-5-29-20(17(2)3)11-12-24-21(23-4)25-16-18-9-8-10-19(15-18)26-22(28)27-13-6-7-14-27/h8-10,15,17,20H,5-7,11-14,16H2,1-4H3,(H,26,28)(H2,23,24,25). The van der Waals surface area contributed by atoms with Crippen molar-refractivity contribution in [1.82, 2.24) is 15.5 Å². The van der Waals surface area contributed by atoms with Crippen LogP contribution in [0.2, 0.25) is 0 Å². The van der Waals surface area contributed by atoms with E-state index in [-0.39, 0.29) is 12.1 Å². The Bertz CT molecular complexity index is 656. The molecular weight excluding hydrogens is 366 g/mol. The maximum atomic E-state index is 12.3. The van der Waals surface area contributed by atoms with Gasteiger partial charge in [-0.3, -0.25) is 4.99 Å². The molecule has 1 atom stereocenters. The molecule has 0 aliphatic carbocycles. The molecule has 1 aliphatic heterocycles. The maximum Gasteiger partial charge on any atom is 0.321 e. The number of hydrogen-bond donors (Lipinski definition) is 3. The van der Waals surface area contributed by atoms with Gasteiger partial charge in [-0.05, 0) is 49.8 Å². The van der Waals surface area contributed by atoms with E-state index >= 15 is 0 Å². The molecule has 2 amide bonds. The van der Waals surface area contributed by atoms with Gasteiger partial charge in [0.05, 0.1) is 6.10 Å². The first-order valence-corrected chi connectivity index (χ1v) is 10.7. The van der Waals surface area contributed by atoms with Crippen LogP contribution >= 0.6 is 0 Å². The number of carbonyl (C=O) groups is 1. The molecule has 3 N–H and O–H groups in total. The van der Waals surface area contributed by atoms with Crippen LogP contribution in [-0.4, -0.2) is 56.3 Å². The second-order valence-electron chi connectivity index (χ2n) is 7.70. The van der Waals surface area contributed by atoms with Gasteiger partial charge in [-0.1, -0.05) is 26.0 Å². The lowest BCUT2D eigenvalue weighted by atomic mass is 10.0. The minimum absolute atomic E-state index is 0.0147. The molecule has 0 bridgehead atoms. The van der Waals surface area contributed by atoms with Gasteiger partial charge in [0.1, 0.15) is 0 Å². The summed E-state index contributed by atoms with van der Waals surface area (Å²) < 4.78 is 5.79. The van der Waals surface area contributed by atoms with E-state index < -0.39 is 0 Å². The number of carbonyl (C=O) groups excluding carboxylic acids is 1. The Labute approximate surface area is 175 Å². The Morgan fingerprint density at radius 3 is 2.66 bits per heavy atom. The van der Waals surface area contributed by atoms with Crippen LogP contribution in [0.15, 0.2) is 29.3 Å². The largest absolute Gasteiger partial charge is 0.378 e. The van der Waals surface area contributed by atoms with E-state index in [1.165, 1.54) is 0 Å². The van der Waals surface area contributed by atoms with Crippen molar-refractivity contribution >= 4 is 17.7 Å². The number of aliphatic imine (C=N–C) groups is 1. The Kier molecular flexibility index (Phi) is 9.77. The number of guanidine groups is 1. The molecule has 2 rings (SSSR count). The van der Waals surface area contributed by atoms with Gasteiger partial charge in [-0.25, -0.2) is 4.79 Å². The van der Waals surface area contributed by atoms with Crippen molar-refractivity contribution in [1.29, 1.82) is 0 Å². The average molecular weight is 404 g/mol. The highest BCUT2D eigenvalue weighted by Gasteiger charge is 2.17. The van der Waals surface area contributed by atoms with Crippen LogP contribution in [0.1, 0.15) is 45.6 Å². The first-order valence-electron chi connectivity index (χ1n) is 10.7. The van der Waals surface area contributed by atoms with Crippen LogP contribution in [0.5, 0.6) is 0 Å². The van der Waals surface area contributed by atoms with Crippen molar-refractivity contribution in [3.8, 4) is 0 Å². The lowest BCUT2D eigenvalue weighted by molar-refractivity contribution is 0.0258. The Balaban J connectivity index is 1.79. The third-order valence-electron chi connectivity index (χ3n) is 5.10. The summed E-state index contributed by atoms with van der Waals surface area (Å²) in [5.74, 6) is 1.25. The Morgan fingerprint density at radius 2 is 2.00 bits per heavy atom. The summed E-state index contributed by atoms with van der Waals surface area (Å²) in [7, 11) is 1.77. The van der Waals surface area contributed by atoms with Crippen LogP contribution in [0.25, 0.3) is 0 Å². The molecule has 0 aromatic heterocycles. The quantitative estimate of drug-likeness (QED) is 0.436. The number of amides is 2. The fourth-order valence-corrected chi connectivity index (χ4v) is 3.44. The minimum atomic E-state index is -0.0147. The molecule has 1 fully saturated rings. The SMILES string of the molecule is CCOC(CCNC(=NC)NCc1cccc(NC(=O)N2CCCC2)c1)C(C)C. The second-order valence-corrected chi connectivity index (χ2v) is 7.70. The summed E-state index contributed by atoms with van der Waals surface area (Å²) in [6.45, 7) is 10.3. The van der Waals surface area contributed by atoms with Crippen LogP contribution in [0.4, 0.5) is 10.5 Å². The molecule has 0 spiro atoms. The second kappa shape index (κ2) is 12.3. The normalized spacial score (nSPS) is 15.5. The number of hydrogen-bond acceptors (Lipinski definition) is 3. The topological polar surface area (TPSA) is 78.0 Å². The predicted octanol–water partition coefficient (Wildman–Crippen LogP) is 3.43. The number of anilines is 1. The Hall–Kier alpha value is -2.28. The van der Waals surface area contributed by atoms with E-state index in [1.54, 1.807) is 7.05 Å². The van der Waals surface area contributed by atoms with Crippen molar-refractivity contribution in [3.63, 3.8) is 0 Å². The summed E-state index contributed by atoms with van der Waals surface area (Å²) in [6.07, 6.45) is 3.36. The van der Waals surface area contributed by atoms with Gasteiger partial charge >= 0.3 is 6.03 Å². The molecule has 7 heteroatoms. The number of urea groups is 1. The molecular formula is C22H37N5O2. The van der Waals surface area contributed by atoms with Crippen LogP contribution in [0, 0.1) is 5.92 Å². The van der Waals surface area contributed by atoms with Crippen LogP contribution < -0.4 is 16.0 Å². The van der Waals surface area contributed by atoms with Crippen LogP contribution in [0.3, 0.4) is 0 Å². The molecule has 162 valence electrons. The molecule has 7 nitrogen and oxygen atoms in total. The lowest BCUT2D eigenvalue weighted by Gasteiger charge is -2.21. The smallest absolute Gasteiger partial charge is 0.321 e. The number of benzene rings is 1. The lowest BCUT2D eigenvalue weighted by Crippen LogP contribution is -2.39. The third kappa shape index (κ3) is 7.93. The zero-order valence-electron chi connectivity index (χ0n) is 18.3. The van der Waals surface area contributed by atoms with Crippen molar-refractivity contribution < 1.29 is 9.53 Å². The fourth-order valence-electron chi connectivity index (χ4n) is 3.44. The Morgan fingerprint density at radius 1 is 1.24 bits per heavy atom. The molecule has 1 unspecified atom stereocenters. The highest BCUT2D eigenvalue weighted by molar-refractivity contribution is 5.89. The van der Waals surface area contributed by atoms with Crippen LogP contribution in [-0.2, 0) is 11.3 Å². The first-order chi connectivity index (χ1) is 14.0. The minimum Gasteiger partial charge on any atom is -0.378 e. The van der Waals surface area contributed by atoms with E-state index in [0.717, 1.165) is 62.7 Å². The summed E-state index contributed by atoms with van der Waals surface area (Å²) in [4.78, 5) is 18.4. The number of likely N-dealkylation sites (tertiary alicyclic amines) is 1. The molecule has 1 aliphatic rings. The van der Waals surface area contributed by atoms with E-state index in [9.17, 15) is 4.79 Å². The van der Waals surface area contributed by atoms with Crippen molar-refractivity contribution in [2.75, 3.05) is 38.6 Å². The molecule has 29 heavy (non-hydrogen) atoms. The maximum absolute atomic E-state index is 12.3. The summed E-state index contributed by atoms with van der Waals surface area (Å²) in [6, 6.07) is 7.90. The highest BCUT2D eigenvalue weighted by atomic mass is 16.5. The molecule has 1 heterocycles. The van der Waals surface area contributed by atoms with Gasteiger partial charge in [0.25, 0.3) is 0 Å². The number of ether oxygens (including phenoxy) is 1. The number of rotatable bonds is 9. The molecule has 0 radical (unpaired) electrons. The zero-order chi connectivity index (χ0) is 21.1. The number of nitrogens with one attached hydrogen (secondary N) is 3. The zero-order valence-corrected chi connectivity index (χ0v) is 18.3. The van der Waals surface area contributed by atoms with E-state index in [4.69, 9.17) is 4.74 Å². The monoisotopic (exact) mass is 403 g/mol.